The maximum atomic E-state index is 6.04. The maximum absolute atomic E-state index is 6.04. The lowest BCUT2D eigenvalue weighted by atomic mass is 10.0. The summed E-state index contributed by atoms with van der Waals surface area (Å²) in [6.45, 7) is 4.17. The summed E-state index contributed by atoms with van der Waals surface area (Å²) in [5, 5.41) is 2.02. The van der Waals surface area contributed by atoms with Crippen molar-refractivity contribution in [1.82, 2.24) is 4.98 Å². The lowest BCUT2D eigenvalue weighted by Crippen LogP contribution is -1.92. The zero-order chi connectivity index (χ0) is 14.1. The Kier molecular flexibility index (Phi) is 3.45. The smallest absolute Gasteiger partial charge is 0.0708 e. The van der Waals surface area contributed by atoms with Crippen molar-refractivity contribution in [2.24, 2.45) is 0 Å². The van der Waals surface area contributed by atoms with Crippen LogP contribution in [0, 0.1) is 13.8 Å². The van der Waals surface area contributed by atoms with Gasteiger partial charge in [0.2, 0.25) is 0 Å². The van der Waals surface area contributed by atoms with Crippen molar-refractivity contribution in [3.8, 4) is 0 Å². The molecule has 0 aliphatic heterocycles. The van der Waals surface area contributed by atoms with E-state index in [0.29, 0.717) is 0 Å². The predicted octanol–water partition coefficient (Wildman–Crippen LogP) is 5.10. The average Bonchev–Trinajstić information content (AvgIpc) is 2.39. The summed E-state index contributed by atoms with van der Waals surface area (Å²) in [6, 6.07) is 16.6. The minimum Gasteiger partial charge on any atom is -0.253 e. The van der Waals surface area contributed by atoms with E-state index in [-0.39, 0.29) is 0 Å². The number of aryl methyl sites for hydroxylation is 2. The Hall–Kier alpha value is -1.86. The highest BCUT2D eigenvalue weighted by atomic mass is 35.5. The molecule has 0 aliphatic carbocycles. The highest BCUT2D eigenvalue weighted by Crippen LogP contribution is 2.21. The molecule has 0 bridgehead atoms. The van der Waals surface area contributed by atoms with Crippen molar-refractivity contribution in [3.63, 3.8) is 0 Å². The van der Waals surface area contributed by atoms with Gasteiger partial charge in [-0.3, -0.25) is 4.98 Å². The molecule has 0 N–H and O–H groups in total. The fourth-order valence-electron chi connectivity index (χ4n) is 2.60. The molecule has 2 aromatic carbocycles. The van der Waals surface area contributed by atoms with E-state index in [1.54, 1.807) is 0 Å². The van der Waals surface area contributed by atoms with Crippen molar-refractivity contribution < 1.29 is 0 Å². The maximum Gasteiger partial charge on any atom is 0.0708 e. The van der Waals surface area contributed by atoms with Crippen LogP contribution in [0.15, 0.2) is 48.5 Å². The number of fused-ring (bicyclic) bond motifs is 1. The standard InChI is InChI=1S/C18H16ClN/c1-12-8-13(2)20-18-7-6-15(11-17(12)18)9-14-4-3-5-16(19)10-14/h3-8,10-11H,9H2,1-2H3. The van der Waals surface area contributed by atoms with Crippen molar-refractivity contribution in [3.05, 3.63) is 75.9 Å². The minimum absolute atomic E-state index is 0.789. The molecule has 0 radical (unpaired) electrons. The molecule has 0 spiro atoms. The SMILES string of the molecule is Cc1cc(C)c2cc(Cc3cccc(Cl)c3)ccc2n1. The van der Waals surface area contributed by atoms with Crippen LogP contribution in [0.2, 0.25) is 5.02 Å². The van der Waals surface area contributed by atoms with E-state index in [1.165, 1.54) is 22.1 Å². The number of pyridine rings is 1. The predicted molar refractivity (Wildman–Crippen MR) is 85.5 cm³/mol. The molecule has 0 unspecified atom stereocenters. The van der Waals surface area contributed by atoms with E-state index in [1.807, 2.05) is 25.1 Å². The third kappa shape index (κ3) is 2.68. The number of hydrogen-bond acceptors (Lipinski definition) is 1. The second kappa shape index (κ2) is 5.26. The zero-order valence-corrected chi connectivity index (χ0v) is 12.4. The van der Waals surface area contributed by atoms with Gasteiger partial charge < -0.3 is 0 Å². The fourth-order valence-corrected chi connectivity index (χ4v) is 2.82. The van der Waals surface area contributed by atoms with Crippen molar-refractivity contribution >= 4 is 22.5 Å². The molecule has 1 heterocycles. The molecule has 1 nitrogen and oxygen atoms in total. The first-order valence-corrected chi connectivity index (χ1v) is 7.11. The second-order valence-corrected chi connectivity index (χ2v) is 5.68. The number of benzene rings is 2. The summed E-state index contributed by atoms with van der Waals surface area (Å²) < 4.78 is 0. The van der Waals surface area contributed by atoms with Crippen LogP contribution in [0.4, 0.5) is 0 Å². The summed E-state index contributed by atoms with van der Waals surface area (Å²) in [6.07, 6.45) is 0.893. The van der Waals surface area contributed by atoms with E-state index in [4.69, 9.17) is 11.6 Å². The Balaban J connectivity index is 2.01. The highest BCUT2D eigenvalue weighted by molar-refractivity contribution is 6.30. The zero-order valence-electron chi connectivity index (χ0n) is 11.7. The van der Waals surface area contributed by atoms with Crippen molar-refractivity contribution in [2.75, 3.05) is 0 Å². The molecule has 0 saturated carbocycles. The summed E-state index contributed by atoms with van der Waals surface area (Å²) in [7, 11) is 0. The summed E-state index contributed by atoms with van der Waals surface area (Å²) >= 11 is 6.04. The Labute approximate surface area is 124 Å². The number of halogens is 1. The quantitative estimate of drug-likeness (QED) is 0.637. The Bertz CT molecular complexity index is 777. The number of rotatable bonds is 2. The van der Waals surface area contributed by atoms with Gasteiger partial charge in [0.15, 0.2) is 0 Å². The van der Waals surface area contributed by atoms with Gasteiger partial charge in [-0.25, -0.2) is 0 Å². The molecule has 0 amide bonds. The van der Waals surface area contributed by atoms with Crippen LogP contribution in [-0.2, 0) is 6.42 Å². The Morgan fingerprint density at radius 1 is 0.950 bits per heavy atom. The fraction of sp³-hybridized carbons (Fsp3) is 0.167. The van der Waals surface area contributed by atoms with E-state index >= 15 is 0 Å². The normalized spacial score (nSPS) is 10.9. The molecule has 1 aromatic heterocycles. The van der Waals surface area contributed by atoms with Crippen molar-refractivity contribution in [1.29, 1.82) is 0 Å². The van der Waals surface area contributed by atoms with Crippen molar-refractivity contribution in [2.45, 2.75) is 20.3 Å². The van der Waals surface area contributed by atoms with Crippen LogP contribution < -0.4 is 0 Å². The van der Waals surface area contributed by atoms with Gasteiger partial charge in [-0.05, 0) is 67.3 Å². The first-order valence-electron chi connectivity index (χ1n) is 6.73. The number of aromatic nitrogens is 1. The molecule has 0 fully saturated rings. The van der Waals surface area contributed by atoms with Crippen LogP contribution >= 0.6 is 11.6 Å². The minimum atomic E-state index is 0.789. The first-order chi connectivity index (χ1) is 9.61. The molecular weight excluding hydrogens is 266 g/mol. The lowest BCUT2D eigenvalue weighted by molar-refractivity contribution is 1.19. The molecule has 20 heavy (non-hydrogen) atoms. The van der Waals surface area contributed by atoms with Gasteiger partial charge in [0.25, 0.3) is 0 Å². The lowest BCUT2D eigenvalue weighted by Gasteiger charge is -2.07. The van der Waals surface area contributed by atoms with E-state index in [0.717, 1.165) is 22.7 Å². The summed E-state index contributed by atoms with van der Waals surface area (Å²) in [5.74, 6) is 0. The second-order valence-electron chi connectivity index (χ2n) is 5.24. The van der Waals surface area contributed by atoms with Crippen LogP contribution in [0.25, 0.3) is 10.9 Å². The van der Waals surface area contributed by atoms with Gasteiger partial charge in [-0.2, -0.15) is 0 Å². The molecule has 0 saturated heterocycles. The van der Waals surface area contributed by atoms with Gasteiger partial charge in [-0.15, -0.1) is 0 Å². The topological polar surface area (TPSA) is 12.9 Å². The number of hydrogen-bond donors (Lipinski definition) is 0. The highest BCUT2D eigenvalue weighted by Gasteiger charge is 2.03. The number of nitrogens with zero attached hydrogens (tertiary/aromatic N) is 1. The van der Waals surface area contributed by atoms with Gasteiger partial charge >= 0.3 is 0 Å². The van der Waals surface area contributed by atoms with Gasteiger partial charge in [0, 0.05) is 16.1 Å². The Morgan fingerprint density at radius 2 is 1.75 bits per heavy atom. The third-order valence-electron chi connectivity index (χ3n) is 3.51. The molecule has 0 aliphatic rings. The van der Waals surface area contributed by atoms with Crippen LogP contribution in [0.5, 0.6) is 0 Å². The van der Waals surface area contributed by atoms with Gasteiger partial charge in [0.05, 0.1) is 5.52 Å². The van der Waals surface area contributed by atoms with E-state index in [2.05, 4.69) is 42.2 Å². The first kappa shape index (κ1) is 13.1. The van der Waals surface area contributed by atoms with Gasteiger partial charge in [-0.1, -0.05) is 29.8 Å². The average molecular weight is 282 g/mol. The van der Waals surface area contributed by atoms with Crippen LogP contribution in [0.3, 0.4) is 0 Å². The molecular formula is C18H16ClN. The summed E-state index contributed by atoms with van der Waals surface area (Å²) in [5.41, 5.74) is 5.93. The third-order valence-corrected chi connectivity index (χ3v) is 3.74. The molecule has 0 atom stereocenters. The largest absolute Gasteiger partial charge is 0.253 e. The summed E-state index contributed by atoms with van der Waals surface area (Å²) in [4.78, 5) is 4.58. The molecule has 3 rings (SSSR count). The van der Waals surface area contributed by atoms with Crippen LogP contribution in [-0.4, -0.2) is 4.98 Å². The van der Waals surface area contributed by atoms with E-state index in [9.17, 15) is 0 Å². The molecule has 100 valence electrons. The van der Waals surface area contributed by atoms with Gasteiger partial charge in [0.1, 0.15) is 0 Å². The molecule has 3 aromatic rings. The Morgan fingerprint density at radius 3 is 2.55 bits per heavy atom. The van der Waals surface area contributed by atoms with E-state index < -0.39 is 0 Å². The monoisotopic (exact) mass is 281 g/mol. The molecule has 2 heteroatoms. The van der Waals surface area contributed by atoms with Crippen LogP contribution in [0.1, 0.15) is 22.4 Å².